The van der Waals surface area contributed by atoms with Crippen LogP contribution in [-0.4, -0.2) is 59.7 Å². The summed E-state index contributed by atoms with van der Waals surface area (Å²) in [6.07, 6.45) is 0.511. The fourth-order valence-electron chi connectivity index (χ4n) is 2.26. The van der Waals surface area contributed by atoms with Gasteiger partial charge < -0.3 is 10.1 Å². The van der Waals surface area contributed by atoms with Crippen molar-refractivity contribution in [3.63, 3.8) is 0 Å². The third-order valence-electron chi connectivity index (χ3n) is 3.47. The zero-order chi connectivity index (χ0) is 18.6. The number of imide groups is 2. The summed E-state index contributed by atoms with van der Waals surface area (Å²) < 4.78 is 4.56. The Morgan fingerprint density at radius 2 is 1.64 bits per heavy atom. The van der Waals surface area contributed by atoms with Crippen LogP contribution < -0.4 is 5.32 Å². The van der Waals surface area contributed by atoms with Crippen molar-refractivity contribution in [1.29, 1.82) is 0 Å². The molecule has 2 rings (SSSR count). The second kappa shape index (κ2) is 7.56. The van der Waals surface area contributed by atoms with E-state index in [0.717, 1.165) is 4.90 Å². The summed E-state index contributed by atoms with van der Waals surface area (Å²) in [6.45, 7) is 1.32. The largest absolute Gasteiger partial charge is 0.465 e. The number of hydrogen-bond acceptors (Lipinski definition) is 6. The molecule has 132 valence electrons. The summed E-state index contributed by atoms with van der Waals surface area (Å²) in [5.41, 5.74) is 0.680. The average Bonchev–Trinajstić information content (AvgIpc) is 2.80. The van der Waals surface area contributed by atoms with Gasteiger partial charge in [0.25, 0.3) is 0 Å². The molecule has 25 heavy (non-hydrogen) atoms. The molecular formula is C16H17N3O6. The molecule has 0 unspecified atom stereocenters. The first kappa shape index (κ1) is 18.1. The van der Waals surface area contributed by atoms with Gasteiger partial charge in [-0.15, -0.1) is 0 Å². The summed E-state index contributed by atoms with van der Waals surface area (Å²) in [6, 6.07) is 5.08. The van der Waals surface area contributed by atoms with E-state index < -0.39 is 36.3 Å². The quantitative estimate of drug-likeness (QED) is 0.458. The fraction of sp³-hybridized carbons (Fsp3) is 0.312. The molecule has 1 saturated heterocycles. The third kappa shape index (κ3) is 3.82. The highest BCUT2D eigenvalue weighted by Gasteiger charge is 2.44. The monoisotopic (exact) mass is 347 g/mol. The van der Waals surface area contributed by atoms with Gasteiger partial charge in [0, 0.05) is 12.2 Å². The molecular weight excluding hydrogens is 330 g/mol. The van der Waals surface area contributed by atoms with E-state index in [1.807, 2.05) is 0 Å². The normalized spacial score (nSPS) is 14.1. The molecule has 0 spiro atoms. The van der Waals surface area contributed by atoms with Gasteiger partial charge >= 0.3 is 23.8 Å². The summed E-state index contributed by atoms with van der Waals surface area (Å²) >= 11 is 0. The minimum absolute atomic E-state index is 0.122. The van der Waals surface area contributed by atoms with Crippen molar-refractivity contribution in [3.05, 3.63) is 29.8 Å². The number of amides is 5. The maximum atomic E-state index is 12.0. The van der Waals surface area contributed by atoms with E-state index in [4.69, 9.17) is 0 Å². The average molecular weight is 347 g/mol. The van der Waals surface area contributed by atoms with Gasteiger partial charge in [-0.3, -0.25) is 19.3 Å². The summed E-state index contributed by atoms with van der Waals surface area (Å²) in [4.78, 5) is 60.4. The number of carbonyl (C=O) groups excluding carboxylic acids is 5. The van der Waals surface area contributed by atoms with Gasteiger partial charge in [0.1, 0.15) is 6.54 Å². The second-order valence-electron chi connectivity index (χ2n) is 5.25. The van der Waals surface area contributed by atoms with E-state index in [2.05, 4.69) is 10.1 Å². The number of hydrogen-bond donors (Lipinski definition) is 1. The molecule has 1 aromatic rings. The molecule has 1 aliphatic heterocycles. The van der Waals surface area contributed by atoms with Crippen LogP contribution in [0, 0.1) is 0 Å². The Morgan fingerprint density at radius 3 is 2.20 bits per heavy atom. The lowest BCUT2D eigenvalue weighted by Gasteiger charge is -2.14. The Labute approximate surface area is 143 Å². The number of benzene rings is 1. The molecule has 0 radical (unpaired) electrons. The number of carbonyl (C=O) groups is 5. The lowest BCUT2D eigenvalue weighted by molar-refractivity contribution is -0.143. The molecule has 5 amide bonds. The molecule has 0 bridgehead atoms. The third-order valence-corrected chi connectivity index (χ3v) is 3.47. The minimum atomic E-state index is -1.02. The standard InChI is InChI=1S/C16H17N3O6/c1-3-8-18-13(21)14(22)19(16(18)24)9-12(20)17-11-6-4-10(5-7-11)15(23)25-2/h4-7H,3,8-9H2,1-2H3,(H,17,20). The predicted molar refractivity (Wildman–Crippen MR) is 85.5 cm³/mol. The van der Waals surface area contributed by atoms with Crippen LogP contribution >= 0.6 is 0 Å². The molecule has 0 atom stereocenters. The number of nitrogens with zero attached hydrogens (tertiary/aromatic N) is 2. The van der Waals surface area contributed by atoms with Gasteiger partial charge in [-0.2, -0.15) is 0 Å². The summed E-state index contributed by atoms with van der Waals surface area (Å²) in [5, 5.41) is 2.49. The van der Waals surface area contributed by atoms with E-state index in [0.29, 0.717) is 22.6 Å². The van der Waals surface area contributed by atoms with Crippen LogP contribution in [0.2, 0.25) is 0 Å². The predicted octanol–water partition coefficient (Wildman–Crippen LogP) is 0.612. The number of esters is 1. The number of rotatable bonds is 6. The highest BCUT2D eigenvalue weighted by atomic mass is 16.5. The molecule has 0 aliphatic carbocycles. The van der Waals surface area contributed by atoms with Gasteiger partial charge in [-0.25, -0.2) is 14.5 Å². The summed E-state index contributed by atoms with van der Waals surface area (Å²) in [5.74, 6) is -3.10. The van der Waals surface area contributed by atoms with Crippen molar-refractivity contribution in [3.8, 4) is 0 Å². The Morgan fingerprint density at radius 1 is 1.04 bits per heavy atom. The molecule has 1 aromatic carbocycles. The number of urea groups is 1. The van der Waals surface area contributed by atoms with Gasteiger partial charge in [0.15, 0.2) is 0 Å². The maximum Gasteiger partial charge on any atom is 0.337 e. The van der Waals surface area contributed by atoms with Crippen LogP contribution in [0.15, 0.2) is 24.3 Å². The van der Waals surface area contributed by atoms with Crippen LogP contribution in [0.4, 0.5) is 10.5 Å². The smallest absolute Gasteiger partial charge is 0.337 e. The molecule has 1 N–H and O–H groups in total. The zero-order valence-corrected chi connectivity index (χ0v) is 13.8. The Kier molecular flexibility index (Phi) is 5.48. The first-order chi connectivity index (χ1) is 11.9. The number of ether oxygens (including phenoxy) is 1. The topological polar surface area (TPSA) is 113 Å². The van der Waals surface area contributed by atoms with Gasteiger partial charge in [0.2, 0.25) is 5.91 Å². The van der Waals surface area contributed by atoms with Crippen LogP contribution in [-0.2, 0) is 19.1 Å². The Bertz CT molecular complexity index is 728. The minimum Gasteiger partial charge on any atom is -0.465 e. The molecule has 0 saturated carbocycles. The van der Waals surface area contributed by atoms with Crippen molar-refractivity contribution in [2.45, 2.75) is 13.3 Å². The van der Waals surface area contributed by atoms with E-state index in [9.17, 15) is 24.0 Å². The second-order valence-corrected chi connectivity index (χ2v) is 5.25. The molecule has 9 heteroatoms. The summed E-state index contributed by atoms with van der Waals surface area (Å²) in [7, 11) is 1.26. The van der Waals surface area contributed by atoms with Crippen molar-refractivity contribution >= 4 is 35.4 Å². The van der Waals surface area contributed by atoms with Crippen LogP contribution in [0.25, 0.3) is 0 Å². The van der Waals surface area contributed by atoms with Crippen molar-refractivity contribution in [2.75, 3.05) is 25.5 Å². The molecule has 1 fully saturated rings. The Hall–Kier alpha value is -3.23. The molecule has 1 aliphatic rings. The van der Waals surface area contributed by atoms with Crippen LogP contribution in [0.3, 0.4) is 0 Å². The first-order valence-corrected chi connectivity index (χ1v) is 7.54. The number of anilines is 1. The Balaban J connectivity index is 2.00. The zero-order valence-electron chi connectivity index (χ0n) is 13.8. The SMILES string of the molecule is CCCN1C(=O)C(=O)N(CC(=O)Nc2ccc(C(=O)OC)cc2)C1=O. The highest BCUT2D eigenvalue weighted by molar-refractivity contribution is 6.45. The van der Waals surface area contributed by atoms with Gasteiger partial charge in [-0.05, 0) is 30.7 Å². The van der Waals surface area contributed by atoms with E-state index >= 15 is 0 Å². The van der Waals surface area contributed by atoms with Crippen molar-refractivity contribution < 1.29 is 28.7 Å². The maximum absolute atomic E-state index is 12.0. The first-order valence-electron chi connectivity index (χ1n) is 7.54. The van der Waals surface area contributed by atoms with Crippen LogP contribution in [0.5, 0.6) is 0 Å². The molecule has 0 aromatic heterocycles. The van der Waals surface area contributed by atoms with Gasteiger partial charge in [0.05, 0.1) is 12.7 Å². The van der Waals surface area contributed by atoms with Crippen LogP contribution in [0.1, 0.15) is 23.7 Å². The number of methoxy groups -OCH3 is 1. The van der Waals surface area contributed by atoms with Crippen molar-refractivity contribution in [2.24, 2.45) is 0 Å². The number of nitrogens with one attached hydrogen (secondary N) is 1. The highest BCUT2D eigenvalue weighted by Crippen LogP contribution is 2.14. The lowest BCUT2D eigenvalue weighted by atomic mass is 10.2. The van der Waals surface area contributed by atoms with E-state index in [1.165, 1.54) is 31.4 Å². The van der Waals surface area contributed by atoms with Crippen molar-refractivity contribution in [1.82, 2.24) is 9.80 Å². The van der Waals surface area contributed by atoms with Gasteiger partial charge in [-0.1, -0.05) is 6.92 Å². The fourth-order valence-corrected chi connectivity index (χ4v) is 2.26. The lowest BCUT2D eigenvalue weighted by Crippen LogP contribution is -2.39. The van der Waals surface area contributed by atoms with E-state index in [-0.39, 0.29) is 6.54 Å². The van der Waals surface area contributed by atoms with E-state index in [1.54, 1.807) is 6.92 Å². The molecule has 9 nitrogen and oxygen atoms in total. The molecule has 1 heterocycles.